The highest BCUT2D eigenvalue weighted by Gasteiger charge is 2.12. The Morgan fingerprint density at radius 3 is 2.94 bits per heavy atom. The van der Waals surface area contributed by atoms with E-state index in [4.69, 9.17) is 4.74 Å². The van der Waals surface area contributed by atoms with Crippen LogP contribution in [0.4, 0.5) is 0 Å². The van der Waals surface area contributed by atoms with Gasteiger partial charge in [-0.05, 0) is 24.3 Å². The monoisotopic (exact) mass is 252 g/mol. The number of thiophene rings is 1. The number of fused-ring (bicyclic) bond motifs is 1. The van der Waals surface area contributed by atoms with Crippen molar-refractivity contribution in [2.45, 2.75) is 33.2 Å². The van der Waals surface area contributed by atoms with Crippen LogP contribution in [-0.2, 0) is 6.54 Å². The van der Waals surface area contributed by atoms with Crippen molar-refractivity contribution >= 4 is 21.6 Å². The molecule has 0 amide bonds. The highest BCUT2D eigenvalue weighted by atomic mass is 32.1. The topological polar surface area (TPSA) is 44.1 Å². The number of rotatable bonds is 5. The lowest BCUT2D eigenvalue weighted by atomic mass is 10.4. The highest BCUT2D eigenvalue weighted by Crippen LogP contribution is 2.18. The molecular formula is C12H16N2O2S. The van der Waals surface area contributed by atoms with Crippen LogP contribution in [0.3, 0.4) is 0 Å². The van der Waals surface area contributed by atoms with E-state index in [0.717, 1.165) is 18.4 Å². The molecule has 0 fully saturated rings. The van der Waals surface area contributed by atoms with Crippen LogP contribution in [0.25, 0.3) is 10.2 Å². The van der Waals surface area contributed by atoms with Gasteiger partial charge in [0.1, 0.15) is 4.70 Å². The predicted octanol–water partition coefficient (Wildman–Crippen LogP) is 2.66. The first-order valence-corrected chi connectivity index (χ1v) is 6.76. The maximum Gasteiger partial charge on any atom is 0.299 e. The van der Waals surface area contributed by atoms with E-state index in [9.17, 15) is 4.79 Å². The summed E-state index contributed by atoms with van der Waals surface area (Å²) >= 11 is 1.44. The molecule has 17 heavy (non-hydrogen) atoms. The van der Waals surface area contributed by atoms with Crippen LogP contribution in [0.1, 0.15) is 26.7 Å². The Bertz CT molecular complexity index is 559. The number of hydrogen-bond donors (Lipinski definition) is 0. The summed E-state index contributed by atoms with van der Waals surface area (Å²) in [6.07, 6.45) is 1.80. The molecule has 0 aromatic carbocycles. The van der Waals surface area contributed by atoms with Gasteiger partial charge in [-0.25, -0.2) is 0 Å². The SMILES string of the molecule is CCCOc1nc2ccsc2c(=O)n1CCC. The third-order valence-corrected chi connectivity index (χ3v) is 3.30. The molecule has 0 N–H and O–H groups in total. The normalized spacial score (nSPS) is 10.9. The van der Waals surface area contributed by atoms with E-state index in [-0.39, 0.29) is 5.56 Å². The van der Waals surface area contributed by atoms with Gasteiger partial charge in [-0.15, -0.1) is 11.3 Å². The largest absolute Gasteiger partial charge is 0.465 e. The molecule has 5 heteroatoms. The van der Waals surface area contributed by atoms with Crippen molar-refractivity contribution in [3.63, 3.8) is 0 Å². The predicted molar refractivity (Wildman–Crippen MR) is 70.0 cm³/mol. The van der Waals surface area contributed by atoms with Gasteiger partial charge in [-0.2, -0.15) is 4.98 Å². The lowest BCUT2D eigenvalue weighted by Crippen LogP contribution is -2.23. The van der Waals surface area contributed by atoms with Gasteiger partial charge >= 0.3 is 0 Å². The summed E-state index contributed by atoms with van der Waals surface area (Å²) in [5, 5.41) is 1.89. The summed E-state index contributed by atoms with van der Waals surface area (Å²) in [6, 6.07) is 2.31. The maximum atomic E-state index is 12.2. The minimum Gasteiger partial charge on any atom is -0.465 e. The molecule has 0 spiro atoms. The first-order valence-electron chi connectivity index (χ1n) is 5.88. The molecule has 0 aliphatic carbocycles. The average molecular weight is 252 g/mol. The number of nitrogens with zero attached hydrogens (tertiary/aromatic N) is 2. The smallest absolute Gasteiger partial charge is 0.299 e. The molecule has 0 aliphatic rings. The fourth-order valence-electron chi connectivity index (χ4n) is 1.65. The van der Waals surface area contributed by atoms with Crippen LogP contribution < -0.4 is 10.3 Å². The number of aromatic nitrogens is 2. The molecular weight excluding hydrogens is 236 g/mol. The van der Waals surface area contributed by atoms with Crippen molar-refractivity contribution in [3.8, 4) is 6.01 Å². The lowest BCUT2D eigenvalue weighted by Gasteiger charge is -2.11. The second-order valence-corrected chi connectivity index (χ2v) is 4.75. The van der Waals surface area contributed by atoms with Gasteiger partial charge in [0.05, 0.1) is 12.1 Å². The Balaban J connectivity index is 2.53. The van der Waals surface area contributed by atoms with E-state index >= 15 is 0 Å². The van der Waals surface area contributed by atoms with E-state index in [1.54, 1.807) is 4.57 Å². The maximum absolute atomic E-state index is 12.2. The van der Waals surface area contributed by atoms with E-state index in [1.807, 2.05) is 25.3 Å². The van der Waals surface area contributed by atoms with Crippen molar-refractivity contribution in [2.75, 3.05) is 6.61 Å². The Morgan fingerprint density at radius 2 is 2.24 bits per heavy atom. The van der Waals surface area contributed by atoms with E-state index in [0.29, 0.717) is 23.9 Å². The van der Waals surface area contributed by atoms with Crippen molar-refractivity contribution in [1.82, 2.24) is 9.55 Å². The first-order chi connectivity index (χ1) is 8.27. The van der Waals surface area contributed by atoms with Crippen molar-refractivity contribution in [3.05, 3.63) is 21.8 Å². The van der Waals surface area contributed by atoms with Gasteiger partial charge in [-0.1, -0.05) is 13.8 Å². The standard InChI is InChI=1S/C12H16N2O2S/c1-3-6-14-11(15)10-9(5-8-17-10)13-12(14)16-7-4-2/h5,8H,3-4,6-7H2,1-2H3. The lowest BCUT2D eigenvalue weighted by molar-refractivity contribution is 0.272. The second kappa shape index (κ2) is 5.31. The van der Waals surface area contributed by atoms with Crippen molar-refractivity contribution in [2.24, 2.45) is 0 Å². The van der Waals surface area contributed by atoms with Crippen LogP contribution in [0.15, 0.2) is 16.2 Å². The summed E-state index contributed by atoms with van der Waals surface area (Å²) in [5.41, 5.74) is 0.747. The number of hydrogen-bond acceptors (Lipinski definition) is 4. The minimum atomic E-state index is 0.0120. The van der Waals surface area contributed by atoms with Crippen LogP contribution in [0.2, 0.25) is 0 Å². The van der Waals surface area contributed by atoms with Crippen LogP contribution in [0, 0.1) is 0 Å². The third kappa shape index (κ3) is 2.34. The molecule has 0 aliphatic heterocycles. The third-order valence-electron chi connectivity index (χ3n) is 2.41. The summed E-state index contributed by atoms with van der Waals surface area (Å²) in [4.78, 5) is 16.6. The quantitative estimate of drug-likeness (QED) is 0.821. The molecule has 2 rings (SSSR count). The minimum absolute atomic E-state index is 0.0120. The zero-order valence-electron chi connectivity index (χ0n) is 10.1. The molecule has 2 heterocycles. The van der Waals surface area contributed by atoms with Crippen molar-refractivity contribution in [1.29, 1.82) is 0 Å². The summed E-state index contributed by atoms with van der Waals surface area (Å²) in [6.45, 7) is 5.31. The Kier molecular flexibility index (Phi) is 3.78. The summed E-state index contributed by atoms with van der Waals surface area (Å²) < 4.78 is 7.90. The van der Waals surface area contributed by atoms with E-state index in [1.165, 1.54) is 11.3 Å². The zero-order valence-corrected chi connectivity index (χ0v) is 10.9. The molecule has 0 bridgehead atoms. The van der Waals surface area contributed by atoms with E-state index < -0.39 is 0 Å². The van der Waals surface area contributed by atoms with Gasteiger partial charge in [-0.3, -0.25) is 9.36 Å². The van der Waals surface area contributed by atoms with Gasteiger partial charge < -0.3 is 4.74 Å². The average Bonchev–Trinajstić information content (AvgIpc) is 2.79. The molecule has 4 nitrogen and oxygen atoms in total. The molecule has 0 saturated heterocycles. The van der Waals surface area contributed by atoms with Gasteiger partial charge in [0.2, 0.25) is 0 Å². The highest BCUT2D eigenvalue weighted by molar-refractivity contribution is 7.17. The zero-order chi connectivity index (χ0) is 12.3. The van der Waals surface area contributed by atoms with Crippen molar-refractivity contribution < 1.29 is 4.74 Å². The molecule has 92 valence electrons. The molecule has 2 aromatic heterocycles. The number of ether oxygens (including phenoxy) is 1. The van der Waals surface area contributed by atoms with Crippen LogP contribution in [0.5, 0.6) is 6.01 Å². The molecule has 0 radical (unpaired) electrons. The first kappa shape index (κ1) is 12.1. The fourth-order valence-corrected chi connectivity index (χ4v) is 2.43. The van der Waals surface area contributed by atoms with Gasteiger partial charge in [0, 0.05) is 6.54 Å². The summed E-state index contributed by atoms with van der Waals surface area (Å²) in [5.74, 6) is 0. The Morgan fingerprint density at radius 1 is 1.41 bits per heavy atom. The van der Waals surface area contributed by atoms with E-state index in [2.05, 4.69) is 4.98 Å². The summed E-state index contributed by atoms with van der Waals surface area (Å²) in [7, 11) is 0. The fraction of sp³-hybridized carbons (Fsp3) is 0.500. The second-order valence-electron chi connectivity index (χ2n) is 3.83. The molecule has 0 atom stereocenters. The molecule has 0 saturated carbocycles. The Hall–Kier alpha value is -1.36. The van der Waals surface area contributed by atoms with Gasteiger partial charge in [0.25, 0.3) is 11.6 Å². The van der Waals surface area contributed by atoms with Crippen LogP contribution in [-0.4, -0.2) is 16.2 Å². The van der Waals surface area contributed by atoms with Gasteiger partial charge in [0.15, 0.2) is 0 Å². The Labute approximate surface area is 104 Å². The molecule has 0 unspecified atom stereocenters. The van der Waals surface area contributed by atoms with Crippen LogP contribution >= 0.6 is 11.3 Å². The molecule has 2 aromatic rings.